The van der Waals surface area contributed by atoms with Gasteiger partial charge in [0.15, 0.2) is 17.3 Å². The molecule has 2 heterocycles. The molecule has 4 rings (SSSR count). The molecule has 0 aromatic heterocycles. The van der Waals surface area contributed by atoms with Gasteiger partial charge in [-0.25, -0.2) is 9.68 Å². The van der Waals surface area contributed by atoms with Gasteiger partial charge in [-0.1, -0.05) is 19.1 Å². The van der Waals surface area contributed by atoms with Crippen molar-refractivity contribution in [1.82, 2.24) is 0 Å². The zero-order chi connectivity index (χ0) is 25.2. The Bertz CT molecular complexity index is 957. The van der Waals surface area contributed by atoms with Gasteiger partial charge in [-0.15, -0.1) is 0 Å². The Labute approximate surface area is 197 Å². The fourth-order valence-corrected chi connectivity index (χ4v) is 6.31. The van der Waals surface area contributed by atoms with Crippen LogP contribution in [0.1, 0.15) is 53.9 Å². The zero-order valence-corrected chi connectivity index (χ0v) is 20.0. The molecule has 10 heteroatoms. The third kappa shape index (κ3) is 3.34. The zero-order valence-electron chi connectivity index (χ0n) is 20.0. The largest absolute Gasteiger partial charge is 0.462 e. The molecule has 0 amide bonds. The molecule has 2 N–H and O–H groups in total. The molecule has 0 radical (unpaired) electrons. The summed E-state index contributed by atoms with van der Waals surface area (Å²) in [5, 5.41) is 21.6. The number of carbonyl (C=O) groups excluding carboxylic acids is 3. The number of allylic oxidation sites excluding steroid dienone is 1. The first-order valence-corrected chi connectivity index (χ1v) is 11.4. The molecule has 9 unspecified atom stereocenters. The Kier molecular flexibility index (Phi) is 5.95. The summed E-state index contributed by atoms with van der Waals surface area (Å²) in [5.74, 6) is -2.67. The summed E-state index contributed by atoms with van der Waals surface area (Å²) in [4.78, 5) is 41.6. The molecule has 2 aliphatic carbocycles. The highest BCUT2D eigenvalue weighted by Gasteiger charge is 2.86. The summed E-state index contributed by atoms with van der Waals surface area (Å²) in [6.45, 7) is 11.8. The van der Waals surface area contributed by atoms with E-state index in [4.69, 9.17) is 18.9 Å². The van der Waals surface area contributed by atoms with Crippen LogP contribution in [0.3, 0.4) is 0 Å². The van der Waals surface area contributed by atoms with E-state index in [1.165, 1.54) is 13.8 Å². The number of fused-ring (bicyclic) bond motifs is 1. The quantitative estimate of drug-likeness (QED) is 0.153. The van der Waals surface area contributed by atoms with Crippen molar-refractivity contribution < 1.29 is 48.6 Å². The van der Waals surface area contributed by atoms with E-state index in [1.54, 1.807) is 19.9 Å². The smallest absolute Gasteiger partial charge is 0.342 e. The fourth-order valence-electron chi connectivity index (χ4n) is 6.31. The average molecular weight is 481 g/mol. The fraction of sp³-hybridized carbons (Fsp3) is 0.708. The molecule has 9 atom stereocenters. The number of hydrogen-bond acceptors (Lipinski definition) is 10. The van der Waals surface area contributed by atoms with E-state index in [0.717, 1.165) is 5.57 Å². The molecule has 0 aromatic carbocycles. The number of aliphatic hydroxyl groups is 1. The van der Waals surface area contributed by atoms with E-state index in [9.17, 15) is 24.7 Å². The van der Waals surface area contributed by atoms with Gasteiger partial charge in [0, 0.05) is 26.2 Å². The van der Waals surface area contributed by atoms with Gasteiger partial charge in [-0.3, -0.25) is 14.8 Å². The first-order chi connectivity index (χ1) is 15.8. The standard InChI is InChI=1S/C24H32O10/c1-11-7-8-16(30-13(3)25)22(5)17(31-14(4)26)10-15(33-29)12(2)19(22)20(27)24-18(9-11)32-21(28)23(24,6)34-24/h9,15-20,27,29H,2,7-8,10H2,1,3-6H3. The second-order valence-corrected chi connectivity index (χ2v) is 10.2. The molecule has 2 saturated heterocycles. The number of carbonyl (C=O) groups is 3. The van der Waals surface area contributed by atoms with Crippen molar-refractivity contribution in [2.24, 2.45) is 11.3 Å². The maximum atomic E-state index is 12.7. The van der Waals surface area contributed by atoms with Crippen molar-refractivity contribution in [2.45, 2.75) is 95.6 Å². The lowest BCUT2D eigenvalue weighted by Gasteiger charge is -2.54. The summed E-state index contributed by atoms with van der Waals surface area (Å²) >= 11 is 0. The molecule has 1 spiro atoms. The Morgan fingerprint density at radius 3 is 2.35 bits per heavy atom. The summed E-state index contributed by atoms with van der Waals surface area (Å²) in [7, 11) is 0. The second kappa shape index (κ2) is 8.15. The Morgan fingerprint density at radius 1 is 1.18 bits per heavy atom. The molecule has 1 saturated carbocycles. The van der Waals surface area contributed by atoms with Gasteiger partial charge in [0.25, 0.3) is 0 Å². The van der Waals surface area contributed by atoms with Gasteiger partial charge in [-0.05, 0) is 38.3 Å². The minimum Gasteiger partial charge on any atom is -0.462 e. The lowest BCUT2D eigenvalue weighted by molar-refractivity contribution is -0.292. The van der Waals surface area contributed by atoms with Crippen molar-refractivity contribution in [2.75, 3.05) is 0 Å². The first-order valence-electron chi connectivity index (χ1n) is 11.4. The minimum absolute atomic E-state index is 0.0329. The molecule has 2 aliphatic heterocycles. The molecular formula is C24H32O10. The van der Waals surface area contributed by atoms with Crippen LogP contribution in [0.15, 0.2) is 23.8 Å². The van der Waals surface area contributed by atoms with Gasteiger partial charge in [0.05, 0.1) is 11.5 Å². The average Bonchev–Trinajstić information content (AvgIpc) is 3.33. The Morgan fingerprint density at radius 2 is 1.79 bits per heavy atom. The van der Waals surface area contributed by atoms with Crippen LogP contribution >= 0.6 is 0 Å². The van der Waals surface area contributed by atoms with E-state index < -0.39 is 71.0 Å². The van der Waals surface area contributed by atoms with Crippen molar-refractivity contribution >= 4 is 17.9 Å². The van der Waals surface area contributed by atoms with Crippen LogP contribution in [0.4, 0.5) is 0 Å². The van der Waals surface area contributed by atoms with E-state index in [0.29, 0.717) is 18.4 Å². The molecule has 10 nitrogen and oxygen atoms in total. The highest BCUT2D eigenvalue weighted by atomic mass is 17.1. The van der Waals surface area contributed by atoms with Crippen molar-refractivity contribution in [1.29, 1.82) is 0 Å². The van der Waals surface area contributed by atoms with Crippen LogP contribution in [0.5, 0.6) is 0 Å². The molecule has 0 bridgehead atoms. The van der Waals surface area contributed by atoms with E-state index in [2.05, 4.69) is 11.5 Å². The maximum Gasteiger partial charge on any atom is 0.342 e. The van der Waals surface area contributed by atoms with Gasteiger partial charge in [0.2, 0.25) is 0 Å². The predicted octanol–water partition coefficient (Wildman–Crippen LogP) is 1.84. The van der Waals surface area contributed by atoms with E-state index in [-0.39, 0.29) is 6.42 Å². The normalized spacial score (nSPS) is 45.7. The van der Waals surface area contributed by atoms with Crippen LogP contribution in [-0.4, -0.2) is 70.0 Å². The van der Waals surface area contributed by atoms with Crippen molar-refractivity contribution in [3.63, 3.8) is 0 Å². The van der Waals surface area contributed by atoms with Crippen LogP contribution in [0.25, 0.3) is 0 Å². The van der Waals surface area contributed by atoms with Gasteiger partial charge >= 0.3 is 17.9 Å². The number of esters is 3. The Balaban J connectivity index is 1.93. The highest BCUT2D eigenvalue weighted by molar-refractivity contribution is 5.89. The number of aliphatic hydroxyl groups excluding tert-OH is 1. The maximum absolute atomic E-state index is 12.7. The molecule has 34 heavy (non-hydrogen) atoms. The number of epoxide rings is 1. The molecule has 3 fully saturated rings. The summed E-state index contributed by atoms with van der Waals surface area (Å²) in [6.07, 6.45) is -2.34. The Hall–Kier alpha value is -2.27. The van der Waals surface area contributed by atoms with Crippen LogP contribution in [0, 0.1) is 11.3 Å². The lowest BCUT2D eigenvalue weighted by atomic mass is 9.55. The summed E-state index contributed by atoms with van der Waals surface area (Å²) < 4.78 is 23.0. The molecule has 0 aromatic rings. The number of ether oxygens (including phenoxy) is 4. The molecule has 188 valence electrons. The molecule has 4 aliphatic rings. The lowest BCUT2D eigenvalue weighted by Crippen LogP contribution is -2.63. The third-order valence-electron chi connectivity index (χ3n) is 8.16. The summed E-state index contributed by atoms with van der Waals surface area (Å²) in [5.41, 5.74) is -2.85. The van der Waals surface area contributed by atoms with Crippen LogP contribution in [0.2, 0.25) is 0 Å². The number of hydrogen-bond donors (Lipinski definition) is 2. The summed E-state index contributed by atoms with van der Waals surface area (Å²) in [6, 6.07) is 0. The van der Waals surface area contributed by atoms with Gasteiger partial charge in [0.1, 0.15) is 18.3 Å². The molecular weight excluding hydrogens is 448 g/mol. The van der Waals surface area contributed by atoms with Crippen molar-refractivity contribution in [3.05, 3.63) is 23.8 Å². The monoisotopic (exact) mass is 480 g/mol. The van der Waals surface area contributed by atoms with E-state index >= 15 is 0 Å². The van der Waals surface area contributed by atoms with Gasteiger partial charge in [-0.2, -0.15) is 0 Å². The third-order valence-corrected chi connectivity index (χ3v) is 8.16. The highest BCUT2D eigenvalue weighted by Crippen LogP contribution is 2.64. The van der Waals surface area contributed by atoms with Gasteiger partial charge < -0.3 is 24.1 Å². The van der Waals surface area contributed by atoms with Crippen molar-refractivity contribution in [3.8, 4) is 0 Å². The topological polar surface area (TPSA) is 141 Å². The minimum atomic E-state index is -1.43. The SMILES string of the molecule is C=C1C(OO)CC(OC(C)=O)C2(C)C(OC(C)=O)CCC(C)=CC3OC(=O)C4(C)OC34C(O)C12. The first kappa shape index (κ1) is 24.8. The number of rotatable bonds is 3. The van der Waals surface area contributed by atoms with E-state index in [1.807, 2.05) is 6.92 Å². The predicted molar refractivity (Wildman–Crippen MR) is 115 cm³/mol. The second-order valence-electron chi connectivity index (χ2n) is 10.2. The van der Waals surface area contributed by atoms with Crippen LogP contribution < -0.4 is 0 Å². The van der Waals surface area contributed by atoms with Crippen LogP contribution in [-0.2, 0) is 38.2 Å².